The number of urea groups is 1. The Bertz CT molecular complexity index is 542. The van der Waals surface area contributed by atoms with Crippen molar-refractivity contribution in [1.82, 2.24) is 15.6 Å². The molecule has 2 aromatic rings. The van der Waals surface area contributed by atoms with E-state index in [0.717, 1.165) is 10.6 Å². The van der Waals surface area contributed by atoms with Gasteiger partial charge in [0.1, 0.15) is 0 Å². The first kappa shape index (κ1) is 14.8. The van der Waals surface area contributed by atoms with E-state index in [1.807, 2.05) is 24.4 Å². The fourth-order valence-corrected chi connectivity index (χ4v) is 2.48. The van der Waals surface area contributed by atoms with E-state index in [1.165, 1.54) is 0 Å². The Morgan fingerprint density at radius 2 is 2.10 bits per heavy atom. The number of carbonyl (C=O) groups is 1. The van der Waals surface area contributed by atoms with Crippen LogP contribution in [0.5, 0.6) is 0 Å². The van der Waals surface area contributed by atoms with E-state index in [4.69, 9.17) is 11.6 Å². The standard InChI is InChI=1S/C14H16ClN3OS/c1-10(13-16-6-7-20-13)8-17-14(19)18-9-11-2-4-12(15)5-3-11/h2-7,10H,8-9H2,1H3,(H2,17,18,19)/t10-/m0/s1. The van der Waals surface area contributed by atoms with Gasteiger partial charge in [0.15, 0.2) is 0 Å². The minimum absolute atomic E-state index is 0.177. The minimum Gasteiger partial charge on any atom is -0.337 e. The summed E-state index contributed by atoms with van der Waals surface area (Å²) in [6.07, 6.45) is 1.77. The van der Waals surface area contributed by atoms with Gasteiger partial charge < -0.3 is 10.6 Å². The van der Waals surface area contributed by atoms with Gasteiger partial charge in [-0.2, -0.15) is 0 Å². The molecule has 20 heavy (non-hydrogen) atoms. The van der Waals surface area contributed by atoms with Crippen molar-refractivity contribution in [3.8, 4) is 0 Å². The van der Waals surface area contributed by atoms with Crippen LogP contribution in [0.3, 0.4) is 0 Å². The van der Waals surface area contributed by atoms with Crippen molar-refractivity contribution in [3.63, 3.8) is 0 Å². The summed E-state index contributed by atoms with van der Waals surface area (Å²) in [4.78, 5) is 15.9. The number of nitrogens with zero attached hydrogens (tertiary/aromatic N) is 1. The second-order valence-corrected chi connectivity index (χ2v) is 5.82. The van der Waals surface area contributed by atoms with Crippen LogP contribution in [0.15, 0.2) is 35.8 Å². The largest absolute Gasteiger partial charge is 0.337 e. The van der Waals surface area contributed by atoms with Crippen LogP contribution in [0, 0.1) is 0 Å². The van der Waals surface area contributed by atoms with E-state index in [2.05, 4.69) is 15.6 Å². The average Bonchev–Trinajstić information content (AvgIpc) is 2.98. The highest BCUT2D eigenvalue weighted by Gasteiger charge is 2.09. The van der Waals surface area contributed by atoms with Crippen LogP contribution >= 0.6 is 22.9 Å². The van der Waals surface area contributed by atoms with E-state index in [1.54, 1.807) is 29.7 Å². The van der Waals surface area contributed by atoms with Crippen molar-refractivity contribution >= 4 is 29.0 Å². The van der Waals surface area contributed by atoms with Crippen molar-refractivity contribution in [2.45, 2.75) is 19.4 Å². The van der Waals surface area contributed by atoms with E-state index >= 15 is 0 Å². The van der Waals surface area contributed by atoms with Crippen molar-refractivity contribution < 1.29 is 4.79 Å². The summed E-state index contributed by atoms with van der Waals surface area (Å²) in [5, 5.41) is 9.31. The highest BCUT2D eigenvalue weighted by molar-refractivity contribution is 7.09. The van der Waals surface area contributed by atoms with Crippen molar-refractivity contribution in [2.24, 2.45) is 0 Å². The quantitative estimate of drug-likeness (QED) is 0.889. The predicted molar refractivity (Wildman–Crippen MR) is 82.2 cm³/mol. The van der Waals surface area contributed by atoms with E-state index in [0.29, 0.717) is 18.1 Å². The Morgan fingerprint density at radius 1 is 1.35 bits per heavy atom. The molecule has 6 heteroatoms. The Morgan fingerprint density at radius 3 is 2.75 bits per heavy atom. The number of benzene rings is 1. The zero-order chi connectivity index (χ0) is 14.4. The van der Waals surface area contributed by atoms with Gasteiger partial charge in [0.2, 0.25) is 0 Å². The van der Waals surface area contributed by atoms with Crippen molar-refractivity contribution in [1.29, 1.82) is 0 Å². The summed E-state index contributed by atoms with van der Waals surface area (Å²) in [7, 11) is 0. The van der Waals surface area contributed by atoms with Crippen molar-refractivity contribution in [2.75, 3.05) is 6.54 Å². The molecule has 0 radical (unpaired) electrons. The lowest BCUT2D eigenvalue weighted by Crippen LogP contribution is -2.37. The third-order valence-electron chi connectivity index (χ3n) is 2.81. The van der Waals surface area contributed by atoms with Crippen LogP contribution in [0.2, 0.25) is 5.02 Å². The first-order valence-corrected chi connectivity index (χ1v) is 7.56. The molecule has 0 aliphatic heterocycles. The predicted octanol–water partition coefficient (Wildman–Crippen LogP) is 3.40. The smallest absolute Gasteiger partial charge is 0.315 e. The normalized spacial score (nSPS) is 11.9. The van der Waals surface area contributed by atoms with E-state index in [9.17, 15) is 4.79 Å². The molecule has 1 aromatic carbocycles. The maximum Gasteiger partial charge on any atom is 0.315 e. The summed E-state index contributed by atoms with van der Waals surface area (Å²) in [5.41, 5.74) is 1.01. The molecule has 0 spiro atoms. The monoisotopic (exact) mass is 309 g/mol. The second-order valence-electron chi connectivity index (χ2n) is 4.46. The van der Waals surface area contributed by atoms with Crippen molar-refractivity contribution in [3.05, 3.63) is 51.4 Å². The zero-order valence-electron chi connectivity index (χ0n) is 11.1. The van der Waals surface area contributed by atoms with Gasteiger partial charge >= 0.3 is 6.03 Å². The highest BCUT2D eigenvalue weighted by atomic mass is 35.5. The molecule has 4 nitrogen and oxygen atoms in total. The van der Waals surface area contributed by atoms with E-state index in [-0.39, 0.29) is 11.9 Å². The minimum atomic E-state index is -0.177. The summed E-state index contributed by atoms with van der Waals surface area (Å²) in [5.74, 6) is 0.219. The number of hydrogen-bond acceptors (Lipinski definition) is 3. The third-order valence-corrected chi connectivity index (χ3v) is 4.07. The van der Waals surface area contributed by atoms with Crippen LogP contribution in [-0.2, 0) is 6.54 Å². The maximum absolute atomic E-state index is 11.7. The van der Waals surface area contributed by atoms with Gasteiger partial charge in [-0.3, -0.25) is 0 Å². The molecule has 0 aliphatic rings. The third kappa shape index (κ3) is 4.51. The Balaban J connectivity index is 1.71. The molecule has 2 N–H and O–H groups in total. The number of aromatic nitrogens is 1. The van der Waals surface area contributed by atoms with E-state index < -0.39 is 0 Å². The van der Waals surface area contributed by atoms with Crippen LogP contribution in [-0.4, -0.2) is 17.6 Å². The number of rotatable bonds is 5. The SMILES string of the molecule is C[C@@H](CNC(=O)NCc1ccc(Cl)cc1)c1nccs1. The zero-order valence-corrected chi connectivity index (χ0v) is 12.7. The summed E-state index contributed by atoms with van der Waals surface area (Å²) >= 11 is 7.40. The molecule has 1 aromatic heterocycles. The van der Waals surface area contributed by atoms with Gasteiger partial charge in [-0.1, -0.05) is 30.7 Å². The number of halogens is 1. The molecule has 1 heterocycles. The fraction of sp³-hybridized carbons (Fsp3) is 0.286. The van der Waals surface area contributed by atoms with Gasteiger partial charge in [0, 0.05) is 35.6 Å². The van der Waals surface area contributed by atoms with Gasteiger partial charge in [-0.15, -0.1) is 11.3 Å². The lowest BCUT2D eigenvalue weighted by Gasteiger charge is -2.11. The van der Waals surface area contributed by atoms with Gasteiger partial charge in [0.05, 0.1) is 5.01 Å². The summed E-state index contributed by atoms with van der Waals surface area (Å²) < 4.78 is 0. The summed E-state index contributed by atoms with van der Waals surface area (Å²) in [6, 6.07) is 7.22. The molecule has 0 saturated carbocycles. The number of carbonyl (C=O) groups excluding carboxylic acids is 1. The molecule has 0 aliphatic carbocycles. The fourth-order valence-electron chi connectivity index (χ4n) is 1.66. The Hall–Kier alpha value is -1.59. The highest BCUT2D eigenvalue weighted by Crippen LogP contribution is 2.16. The average molecular weight is 310 g/mol. The maximum atomic E-state index is 11.7. The van der Waals surface area contributed by atoms with Crippen LogP contribution in [0.4, 0.5) is 4.79 Å². The number of amides is 2. The molecule has 0 unspecified atom stereocenters. The molecular weight excluding hydrogens is 294 g/mol. The van der Waals surface area contributed by atoms with Crippen LogP contribution in [0.25, 0.3) is 0 Å². The van der Waals surface area contributed by atoms with Gasteiger partial charge in [-0.25, -0.2) is 9.78 Å². The molecule has 2 amide bonds. The number of nitrogens with one attached hydrogen (secondary N) is 2. The lowest BCUT2D eigenvalue weighted by molar-refractivity contribution is 0.240. The summed E-state index contributed by atoms with van der Waals surface area (Å²) in [6.45, 7) is 3.09. The van der Waals surface area contributed by atoms with Gasteiger partial charge in [-0.05, 0) is 17.7 Å². The van der Waals surface area contributed by atoms with Crippen LogP contribution < -0.4 is 10.6 Å². The lowest BCUT2D eigenvalue weighted by atomic mass is 10.2. The molecular formula is C14H16ClN3OS. The molecule has 0 saturated heterocycles. The Labute approximate surface area is 127 Å². The molecule has 2 rings (SSSR count). The Kier molecular flexibility index (Phi) is 5.38. The molecule has 106 valence electrons. The second kappa shape index (κ2) is 7.26. The van der Waals surface area contributed by atoms with Gasteiger partial charge in [0.25, 0.3) is 0 Å². The topological polar surface area (TPSA) is 54.0 Å². The first-order chi connectivity index (χ1) is 9.65. The first-order valence-electron chi connectivity index (χ1n) is 6.30. The number of thiazole rings is 1. The molecule has 0 fully saturated rings. The molecule has 1 atom stereocenters. The molecule has 0 bridgehead atoms. The van der Waals surface area contributed by atoms with Crippen LogP contribution in [0.1, 0.15) is 23.4 Å². The number of hydrogen-bond donors (Lipinski definition) is 2.